The third-order valence-corrected chi connectivity index (χ3v) is 14.6. The number of carbonyl (C=O) groups is 1. The van der Waals surface area contributed by atoms with E-state index in [1.807, 2.05) is 26.8 Å². The van der Waals surface area contributed by atoms with E-state index in [0.717, 1.165) is 22.2 Å². The second-order valence-electron chi connectivity index (χ2n) is 12.4. The first-order valence-electron chi connectivity index (χ1n) is 13.7. The number of carbonyl (C=O) groups excluding carboxylic acids is 1. The highest BCUT2D eigenvalue weighted by molar-refractivity contribution is 6.82. The molecule has 6 nitrogen and oxygen atoms in total. The van der Waals surface area contributed by atoms with Crippen molar-refractivity contribution in [2.75, 3.05) is 6.54 Å². The molecule has 0 bridgehead atoms. The summed E-state index contributed by atoms with van der Waals surface area (Å²) in [6, 6.07) is 7.10. The molecule has 1 aliphatic heterocycles. The van der Waals surface area contributed by atoms with Gasteiger partial charge in [0.05, 0.1) is 5.39 Å². The number of benzene rings is 1. The quantitative estimate of drug-likeness (QED) is 0.296. The van der Waals surface area contributed by atoms with Crippen molar-refractivity contribution < 1.29 is 18.7 Å². The second-order valence-corrected chi connectivity index (χ2v) is 18.1. The molecule has 1 aliphatic rings. The van der Waals surface area contributed by atoms with Crippen molar-refractivity contribution in [2.24, 2.45) is 0 Å². The van der Waals surface area contributed by atoms with Crippen LogP contribution in [0.25, 0.3) is 11.0 Å². The molecule has 0 unspecified atom stereocenters. The number of pyridine rings is 1. The van der Waals surface area contributed by atoms with E-state index in [-0.39, 0.29) is 11.8 Å². The van der Waals surface area contributed by atoms with Crippen molar-refractivity contribution in [1.82, 2.24) is 14.1 Å². The fourth-order valence-corrected chi connectivity index (χ4v) is 13.0. The van der Waals surface area contributed by atoms with Gasteiger partial charge < -0.3 is 18.6 Å². The van der Waals surface area contributed by atoms with Crippen LogP contribution in [0.2, 0.25) is 16.6 Å². The number of nitrogens with zero attached hydrogens (tertiary/aromatic N) is 3. The predicted molar refractivity (Wildman–Crippen MR) is 153 cm³/mol. The molecule has 1 aromatic carbocycles. The molecule has 2 aromatic heterocycles. The zero-order valence-electron chi connectivity index (χ0n) is 24.3. The molecule has 0 atom stereocenters. The highest BCUT2D eigenvalue weighted by Gasteiger charge is 2.46. The maximum atomic E-state index is 15.2. The molecule has 38 heavy (non-hydrogen) atoms. The van der Waals surface area contributed by atoms with Crippen LogP contribution in [0.1, 0.15) is 73.4 Å². The number of aromatic nitrogens is 2. The van der Waals surface area contributed by atoms with E-state index >= 15 is 4.39 Å². The number of hydrogen-bond acceptors (Lipinski definition) is 4. The van der Waals surface area contributed by atoms with Gasteiger partial charge in [0.1, 0.15) is 17.0 Å². The van der Waals surface area contributed by atoms with Crippen LogP contribution in [-0.2, 0) is 17.7 Å². The number of fused-ring (bicyclic) bond motifs is 2. The molecule has 3 heterocycles. The van der Waals surface area contributed by atoms with Crippen molar-refractivity contribution in [3.63, 3.8) is 0 Å². The molecule has 8 heteroatoms. The Labute approximate surface area is 227 Å². The molecule has 0 saturated heterocycles. The topological polar surface area (TPSA) is 56.6 Å². The van der Waals surface area contributed by atoms with Gasteiger partial charge in [-0.1, -0.05) is 41.5 Å². The van der Waals surface area contributed by atoms with Gasteiger partial charge in [-0.25, -0.2) is 14.2 Å². The first kappa shape index (κ1) is 28.1. The molecule has 206 valence electrons. The van der Waals surface area contributed by atoms with Gasteiger partial charge in [-0.3, -0.25) is 0 Å². The zero-order valence-corrected chi connectivity index (χ0v) is 25.3. The smallest absolute Gasteiger partial charge is 0.410 e. The first-order chi connectivity index (χ1) is 17.8. The summed E-state index contributed by atoms with van der Waals surface area (Å²) in [6.45, 7) is 20.3. The predicted octanol–water partition coefficient (Wildman–Crippen LogP) is 8.28. The summed E-state index contributed by atoms with van der Waals surface area (Å²) in [4.78, 5) is 19.1. The van der Waals surface area contributed by atoms with E-state index < -0.39 is 19.7 Å². The number of ether oxygens (including phenoxy) is 2. The molecule has 0 spiro atoms. The standard InChI is InChI=1S/C30H42FN3O3Si/c1-19(2)38(20(3)4,21(5)6)34-15-12-24-26(10-13-32-28(24)34)36-27-17-23-18-33(29(35)37-30(7,8)9)14-11-22(23)16-25(27)31/h10,12-13,15-17,19-21H,11,14,18H2,1-9H3. The van der Waals surface area contributed by atoms with Crippen LogP contribution in [0, 0.1) is 5.82 Å². The molecular formula is C30H42FN3O3Si. The molecule has 0 aliphatic carbocycles. The van der Waals surface area contributed by atoms with Gasteiger partial charge in [-0.2, -0.15) is 0 Å². The van der Waals surface area contributed by atoms with Crippen LogP contribution >= 0.6 is 0 Å². The van der Waals surface area contributed by atoms with Crippen LogP contribution in [-0.4, -0.2) is 40.6 Å². The highest BCUT2D eigenvalue weighted by atomic mass is 28.3. The Hall–Kier alpha value is -2.87. The highest BCUT2D eigenvalue weighted by Crippen LogP contribution is 2.45. The van der Waals surface area contributed by atoms with Crippen LogP contribution in [0.3, 0.4) is 0 Å². The monoisotopic (exact) mass is 539 g/mol. The third kappa shape index (κ3) is 5.07. The Morgan fingerprint density at radius 2 is 1.66 bits per heavy atom. The lowest BCUT2D eigenvalue weighted by Crippen LogP contribution is -2.51. The van der Waals surface area contributed by atoms with Gasteiger partial charge >= 0.3 is 6.09 Å². The maximum Gasteiger partial charge on any atom is 0.410 e. The van der Waals surface area contributed by atoms with E-state index in [1.165, 1.54) is 6.07 Å². The largest absolute Gasteiger partial charge is 0.453 e. The van der Waals surface area contributed by atoms with E-state index in [4.69, 9.17) is 14.5 Å². The Balaban J connectivity index is 1.69. The SMILES string of the molecule is CC(C)[Si](C(C)C)(C(C)C)n1ccc2c(Oc3cc4c(cc3F)CCN(C(=O)OC(C)(C)C)C4)ccnc21. The molecule has 1 amide bonds. The molecule has 0 N–H and O–H groups in total. The van der Waals surface area contributed by atoms with E-state index in [2.05, 4.69) is 52.0 Å². The lowest BCUT2D eigenvalue weighted by Gasteiger charge is -2.44. The fraction of sp³-hybridized carbons (Fsp3) is 0.533. The average Bonchev–Trinajstić information content (AvgIpc) is 3.23. The number of hydrogen-bond donors (Lipinski definition) is 0. The van der Waals surface area contributed by atoms with Crippen molar-refractivity contribution in [2.45, 2.75) is 97.5 Å². The lowest BCUT2D eigenvalue weighted by atomic mass is 9.99. The van der Waals surface area contributed by atoms with Gasteiger partial charge in [0.25, 0.3) is 0 Å². The van der Waals surface area contributed by atoms with Crippen LogP contribution in [0.4, 0.5) is 9.18 Å². The van der Waals surface area contributed by atoms with E-state index in [9.17, 15) is 4.79 Å². The zero-order chi connectivity index (χ0) is 28.0. The summed E-state index contributed by atoms with van der Waals surface area (Å²) in [5, 5.41) is 0.874. The summed E-state index contributed by atoms with van der Waals surface area (Å²) in [5.74, 6) is 0.316. The molecule has 0 fully saturated rings. The van der Waals surface area contributed by atoms with Gasteiger partial charge in [0, 0.05) is 19.3 Å². The average molecular weight is 540 g/mol. The Morgan fingerprint density at radius 3 is 2.26 bits per heavy atom. The van der Waals surface area contributed by atoms with Crippen LogP contribution in [0.5, 0.6) is 11.5 Å². The van der Waals surface area contributed by atoms with Crippen LogP contribution in [0.15, 0.2) is 36.7 Å². The molecule has 0 saturated carbocycles. The van der Waals surface area contributed by atoms with Crippen molar-refractivity contribution in [1.29, 1.82) is 0 Å². The second kappa shape index (κ2) is 10.4. The van der Waals surface area contributed by atoms with Crippen molar-refractivity contribution in [3.05, 3.63) is 53.6 Å². The minimum Gasteiger partial charge on any atom is -0.453 e. The summed E-state index contributed by atoms with van der Waals surface area (Å²) in [5.41, 5.74) is 3.61. The summed E-state index contributed by atoms with van der Waals surface area (Å²) in [7, 11) is -2.02. The van der Waals surface area contributed by atoms with Crippen molar-refractivity contribution in [3.8, 4) is 11.5 Å². The van der Waals surface area contributed by atoms with E-state index in [1.54, 1.807) is 23.2 Å². The number of rotatable bonds is 6. The summed E-state index contributed by atoms with van der Waals surface area (Å²) < 4.78 is 29.4. The normalized spacial score (nSPS) is 14.5. The lowest BCUT2D eigenvalue weighted by molar-refractivity contribution is 0.0223. The Morgan fingerprint density at radius 1 is 1.00 bits per heavy atom. The first-order valence-corrected chi connectivity index (χ1v) is 15.9. The summed E-state index contributed by atoms with van der Waals surface area (Å²) >= 11 is 0. The van der Waals surface area contributed by atoms with Crippen molar-refractivity contribution >= 4 is 25.4 Å². The Kier molecular flexibility index (Phi) is 7.67. The number of amides is 1. The van der Waals surface area contributed by atoms with Gasteiger partial charge in [0.15, 0.2) is 19.8 Å². The van der Waals surface area contributed by atoms with Crippen LogP contribution < -0.4 is 4.74 Å². The summed E-state index contributed by atoms with van der Waals surface area (Å²) in [6.07, 6.45) is 4.11. The number of halogens is 1. The van der Waals surface area contributed by atoms with E-state index in [0.29, 0.717) is 41.9 Å². The third-order valence-electron chi connectivity index (χ3n) is 7.88. The minimum atomic E-state index is -2.02. The molecular weight excluding hydrogens is 497 g/mol. The Bertz CT molecular complexity index is 1300. The van der Waals surface area contributed by atoms with Gasteiger partial charge in [-0.15, -0.1) is 0 Å². The minimum absolute atomic E-state index is 0.148. The maximum absolute atomic E-state index is 15.2. The molecule has 3 aromatic rings. The molecule has 0 radical (unpaired) electrons. The van der Waals surface area contributed by atoms with Gasteiger partial charge in [-0.05, 0) is 85.4 Å². The molecule has 4 rings (SSSR count). The van der Waals surface area contributed by atoms with Gasteiger partial charge in [0.2, 0.25) is 0 Å². The fourth-order valence-electron chi connectivity index (χ4n) is 6.49.